The Morgan fingerprint density at radius 1 is 1.04 bits per heavy atom. The van der Waals surface area contributed by atoms with Crippen LogP contribution in [0.2, 0.25) is 0 Å². The van der Waals surface area contributed by atoms with Gasteiger partial charge in [0.05, 0.1) is 30.4 Å². The smallest absolute Gasteiger partial charge is 0.0722 e. The Kier molecular flexibility index (Phi) is 4.85. The molecule has 1 aromatic heterocycles. The zero-order valence-corrected chi connectivity index (χ0v) is 14.8. The second-order valence-electron chi connectivity index (χ2n) is 6.42. The Balaban J connectivity index is 1.58. The summed E-state index contributed by atoms with van der Waals surface area (Å²) in [6.45, 7) is 3.33. The third-order valence-electron chi connectivity index (χ3n) is 4.67. The Hall–Kier alpha value is -3.18. The number of carboxylic acids is 1. The molecule has 0 atom stereocenters. The Morgan fingerprint density at radius 3 is 2.52 bits per heavy atom. The molecule has 1 saturated heterocycles. The molecule has 0 saturated carbocycles. The molecule has 5 nitrogen and oxygen atoms in total. The van der Waals surface area contributed by atoms with Crippen molar-refractivity contribution < 1.29 is 14.6 Å². The minimum Gasteiger partial charge on any atom is -0.545 e. The van der Waals surface area contributed by atoms with Gasteiger partial charge in [0.2, 0.25) is 0 Å². The van der Waals surface area contributed by atoms with Crippen molar-refractivity contribution in [2.45, 2.75) is 0 Å². The summed E-state index contributed by atoms with van der Waals surface area (Å²) < 4.78 is 5.38. The van der Waals surface area contributed by atoms with Crippen molar-refractivity contribution in [3.63, 3.8) is 0 Å². The molecular weight excluding hydrogens is 340 g/mol. The van der Waals surface area contributed by atoms with Crippen LogP contribution in [-0.2, 0) is 4.74 Å². The lowest BCUT2D eigenvalue weighted by Gasteiger charge is -2.28. The monoisotopic (exact) mass is 359 g/mol. The average molecular weight is 359 g/mol. The fourth-order valence-corrected chi connectivity index (χ4v) is 3.25. The van der Waals surface area contributed by atoms with Crippen LogP contribution in [0.3, 0.4) is 0 Å². The minimum atomic E-state index is -1.20. The summed E-state index contributed by atoms with van der Waals surface area (Å²) in [5.41, 5.74) is 3.59. The van der Waals surface area contributed by atoms with Gasteiger partial charge in [-0.25, -0.2) is 4.98 Å². The Bertz CT molecular complexity index is 990. The normalized spacial score (nSPS) is 14.7. The summed E-state index contributed by atoms with van der Waals surface area (Å²) in [7, 11) is 0. The van der Waals surface area contributed by atoms with E-state index >= 15 is 0 Å². The summed E-state index contributed by atoms with van der Waals surface area (Å²) in [6, 6.07) is 17.0. The number of nitrogens with zero attached hydrogens (tertiary/aromatic N) is 2. The number of benzene rings is 2. The fourth-order valence-electron chi connectivity index (χ4n) is 3.25. The van der Waals surface area contributed by atoms with Crippen LogP contribution in [0.25, 0.3) is 23.1 Å². The van der Waals surface area contributed by atoms with Gasteiger partial charge < -0.3 is 19.5 Å². The number of carbonyl (C=O) groups is 1. The molecule has 0 bridgehead atoms. The maximum Gasteiger partial charge on any atom is 0.0722 e. The van der Waals surface area contributed by atoms with Crippen LogP contribution in [0.5, 0.6) is 0 Å². The number of aromatic nitrogens is 1. The average Bonchev–Trinajstić information content (AvgIpc) is 2.72. The highest BCUT2D eigenvalue weighted by Crippen LogP contribution is 2.20. The van der Waals surface area contributed by atoms with Gasteiger partial charge in [0.15, 0.2) is 0 Å². The molecule has 2 heterocycles. The second kappa shape index (κ2) is 7.60. The molecule has 5 heteroatoms. The van der Waals surface area contributed by atoms with E-state index in [4.69, 9.17) is 4.74 Å². The van der Waals surface area contributed by atoms with Crippen molar-refractivity contribution in [3.8, 4) is 0 Å². The molecule has 0 unspecified atom stereocenters. The van der Waals surface area contributed by atoms with Crippen molar-refractivity contribution in [3.05, 3.63) is 71.4 Å². The first-order chi connectivity index (χ1) is 13.2. The molecule has 0 amide bonds. The Labute approximate surface area is 157 Å². The van der Waals surface area contributed by atoms with Crippen LogP contribution in [0.4, 0.5) is 5.69 Å². The first-order valence-corrected chi connectivity index (χ1v) is 8.93. The number of hydrogen-bond donors (Lipinski definition) is 0. The molecule has 27 heavy (non-hydrogen) atoms. The van der Waals surface area contributed by atoms with Gasteiger partial charge in [-0.3, -0.25) is 0 Å². The van der Waals surface area contributed by atoms with Gasteiger partial charge in [-0.15, -0.1) is 0 Å². The number of rotatable bonds is 4. The molecule has 0 spiro atoms. The summed E-state index contributed by atoms with van der Waals surface area (Å²) in [6.07, 6.45) is 3.75. The number of hydrogen-bond acceptors (Lipinski definition) is 5. The highest BCUT2D eigenvalue weighted by atomic mass is 16.5. The highest BCUT2D eigenvalue weighted by Gasteiger charge is 2.10. The van der Waals surface area contributed by atoms with Crippen LogP contribution < -0.4 is 10.0 Å². The molecule has 0 aliphatic carbocycles. The van der Waals surface area contributed by atoms with Gasteiger partial charge in [-0.05, 0) is 35.9 Å². The molecule has 1 aliphatic heterocycles. The maximum atomic E-state index is 11.5. The van der Waals surface area contributed by atoms with E-state index in [1.165, 1.54) is 5.69 Å². The van der Waals surface area contributed by atoms with Crippen molar-refractivity contribution >= 4 is 34.7 Å². The largest absolute Gasteiger partial charge is 0.545 e. The predicted molar refractivity (Wildman–Crippen MR) is 104 cm³/mol. The predicted octanol–water partition coefficient (Wildman–Crippen LogP) is 2.61. The van der Waals surface area contributed by atoms with Crippen LogP contribution in [0, 0.1) is 0 Å². The number of fused-ring (bicyclic) bond motifs is 1. The minimum absolute atomic E-state index is 0.155. The number of carbonyl (C=O) groups excluding carboxylic acids is 1. The van der Waals surface area contributed by atoms with E-state index in [2.05, 4.69) is 22.0 Å². The van der Waals surface area contributed by atoms with E-state index in [-0.39, 0.29) is 5.56 Å². The summed E-state index contributed by atoms with van der Waals surface area (Å²) in [5.74, 6) is -1.20. The molecule has 1 fully saturated rings. The number of para-hydroxylation sites is 1. The first-order valence-electron chi connectivity index (χ1n) is 8.93. The standard InChI is InChI=1S/C22H20N2O3/c25-22(26)20-15-17(23-21-4-2-1-3-19(20)21)8-5-16-6-9-18(10-7-16)24-11-13-27-14-12-24/h1-10,15H,11-14H2,(H,25,26)/p-1/b8-5+. The summed E-state index contributed by atoms with van der Waals surface area (Å²) in [5, 5.41) is 12.0. The SMILES string of the molecule is O=C([O-])c1cc(/C=C/c2ccc(N3CCOCC3)cc2)nc2ccccc12. The molecule has 0 N–H and O–H groups in total. The van der Waals surface area contributed by atoms with E-state index in [0.29, 0.717) is 16.6 Å². The van der Waals surface area contributed by atoms with Gasteiger partial charge in [-0.1, -0.05) is 36.4 Å². The van der Waals surface area contributed by atoms with Crippen molar-refractivity contribution in [2.24, 2.45) is 0 Å². The third kappa shape index (κ3) is 3.83. The number of morpholine rings is 1. The van der Waals surface area contributed by atoms with Gasteiger partial charge in [0.1, 0.15) is 0 Å². The molecule has 2 aromatic carbocycles. The van der Waals surface area contributed by atoms with Gasteiger partial charge in [-0.2, -0.15) is 0 Å². The van der Waals surface area contributed by atoms with E-state index in [9.17, 15) is 9.90 Å². The zero-order chi connectivity index (χ0) is 18.6. The van der Waals surface area contributed by atoms with Crippen LogP contribution >= 0.6 is 0 Å². The number of aromatic carboxylic acids is 1. The van der Waals surface area contributed by atoms with E-state index in [1.807, 2.05) is 30.4 Å². The quantitative estimate of drug-likeness (QED) is 0.716. The van der Waals surface area contributed by atoms with Crippen LogP contribution in [-0.4, -0.2) is 37.3 Å². The van der Waals surface area contributed by atoms with Gasteiger partial charge >= 0.3 is 0 Å². The lowest BCUT2D eigenvalue weighted by molar-refractivity contribution is -0.254. The highest BCUT2D eigenvalue weighted by molar-refractivity contribution is 6.02. The molecule has 1 aliphatic rings. The van der Waals surface area contributed by atoms with E-state index in [0.717, 1.165) is 31.9 Å². The molecule has 136 valence electrons. The van der Waals surface area contributed by atoms with Crippen molar-refractivity contribution in [1.82, 2.24) is 4.98 Å². The number of anilines is 1. The molecular formula is C22H19N2O3-. The first kappa shape index (κ1) is 17.2. The van der Waals surface area contributed by atoms with Gasteiger partial charge in [0.25, 0.3) is 0 Å². The van der Waals surface area contributed by atoms with E-state index in [1.54, 1.807) is 24.3 Å². The fraction of sp³-hybridized carbons (Fsp3) is 0.182. The Morgan fingerprint density at radius 2 is 1.78 bits per heavy atom. The van der Waals surface area contributed by atoms with Crippen LogP contribution in [0.1, 0.15) is 21.6 Å². The van der Waals surface area contributed by atoms with E-state index < -0.39 is 5.97 Å². The second-order valence-corrected chi connectivity index (χ2v) is 6.42. The molecule has 3 aromatic rings. The van der Waals surface area contributed by atoms with Crippen molar-refractivity contribution in [2.75, 3.05) is 31.2 Å². The number of pyridine rings is 1. The molecule has 4 rings (SSSR count). The lowest BCUT2D eigenvalue weighted by atomic mass is 10.1. The summed E-state index contributed by atoms with van der Waals surface area (Å²) in [4.78, 5) is 18.3. The summed E-state index contributed by atoms with van der Waals surface area (Å²) >= 11 is 0. The van der Waals surface area contributed by atoms with Gasteiger partial charge in [0, 0.05) is 29.7 Å². The third-order valence-corrected chi connectivity index (χ3v) is 4.67. The zero-order valence-electron chi connectivity index (χ0n) is 14.8. The topological polar surface area (TPSA) is 65.5 Å². The maximum absolute atomic E-state index is 11.5. The number of ether oxygens (including phenoxy) is 1. The van der Waals surface area contributed by atoms with Crippen molar-refractivity contribution in [1.29, 1.82) is 0 Å². The van der Waals surface area contributed by atoms with Crippen LogP contribution in [0.15, 0.2) is 54.6 Å². The molecule has 0 radical (unpaired) electrons. The number of carboxylic acid groups (broad SMARTS) is 1. The lowest BCUT2D eigenvalue weighted by Crippen LogP contribution is -2.36.